The minimum absolute atomic E-state index is 0.688. The minimum atomic E-state index is 0.688. The summed E-state index contributed by atoms with van der Waals surface area (Å²) < 4.78 is 0. The van der Waals surface area contributed by atoms with Crippen molar-refractivity contribution in [2.45, 2.75) is 57.4 Å². The van der Waals surface area contributed by atoms with Gasteiger partial charge in [0, 0.05) is 30.7 Å². The molecule has 0 saturated heterocycles. The quantitative estimate of drug-likeness (QED) is 0.808. The van der Waals surface area contributed by atoms with E-state index in [-0.39, 0.29) is 0 Å². The van der Waals surface area contributed by atoms with Crippen LogP contribution in [0.5, 0.6) is 0 Å². The molecule has 0 radical (unpaired) electrons. The predicted molar refractivity (Wildman–Crippen MR) is 86.3 cm³/mol. The Morgan fingerprint density at radius 3 is 2.95 bits per heavy atom. The molecule has 1 aromatic carbocycles. The van der Waals surface area contributed by atoms with Gasteiger partial charge in [0.25, 0.3) is 0 Å². The second-order valence-electron chi connectivity index (χ2n) is 6.72. The molecule has 1 aliphatic heterocycles. The van der Waals surface area contributed by atoms with Gasteiger partial charge in [0.2, 0.25) is 0 Å². The third-order valence-electron chi connectivity index (χ3n) is 5.12. The van der Waals surface area contributed by atoms with E-state index < -0.39 is 0 Å². The fraction of sp³-hybridized carbons (Fsp3) is 0.667. The van der Waals surface area contributed by atoms with Crippen LogP contribution >= 0.6 is 0 Å². The SMILES string of the molecule is CC1CCCC(NCC2CCNc3ccccc32)CC1. The largest absolute Gasteiger partial charge is 0.385 e. The molecular formula is C18H28N2. The van der Waals surface area contributed by atoms with Gasteiger partial charge in [-0.25, -0.2) is 0 Å². The van der Waals surface area contributed by atoms with Gasteiger partial charge in [-0.15, -0.1) is 0 Å². The van der Waals surface area contributed by atoms with E-state index in [2.05, 4.69) is 41.8 Å². The highest BCUT2D eigenvalue weighted by Gasteiger charge is 2.21. The van der Waals surface area contributed by atoms with Crippen LogP contribution in [0.2, 0.25) is 0 Å². The maximum Gasteiger partial charge on any atom is 0.0376 e. The van der Waals surface area contributed by atoms with Crippen molar-refractivity contribution in [2.75, 3.05) is 18.4 Å². The standard InChI is InChI=1S/C18H28N2/c1-14-5-4-6-16(10-9-14)20-13-15-11-12-19-18-8-3-2-7-17(15)18/h2-3,7-8,14-16,19-20H,4-6,9-13H2,1H3. The first kappa shape index (κ1) is 13.9. The zero-order chi connectivity index (χ0) is 13.8. The highest BCUT2D eigenvalue weighted by molar-refractivity contribution is 5.54. The molecule has 2 N–H and O–H groups in total. The van der Waals surface area contributed by atoms with Crippen LogP contribution in [0.3, 0.4) is 0 Å². The topological polar surface area (TPSA) is 24.1 Å². The van der Waals surface area contributed by atoms with E-state index in [1.807, 2.05) is 0 Å². The molecule has 20 heavy (non-hydrogen) atoms. The minimum Gasteiger partial charge on any atom is -0.385 e. The van der Waals surface area contributed by atoms with E-state index in [0.717, 1.165) is 25.0 Å². The first-order valence-electron chi connectivity index (χ1n) is 8.39. The average molecular weight is 272 g/mol. The highest BCUT2D eigenvalue weighted by atomic mass is 14.9. The summed E-state index contributed by atoms with van der Waals surface area (Å²) in [7, 11) is 0. The Kier molecular flexibility index (Phi) is 4.62. The number of hydrogen-bond acceptors (Lipinski definition) is 2. The van der Waals surface area contributed by atoms with Gasteiger partial charge in [-0.3, -0.25) is 0 Å². The average Bonchev–Trinajstić information content (AvgIpc) is 2.70. The molecule has 1 heterocycles. The zero-order valence-corrected chi connectivity index (χ0v) is 12.7. The Hall–Kier alpha value is -1.02. The lowest BCUT2D eigenvalue weighted by molar-refractivity contribution is 0.424. The van der Waals surface area contributed by atoms with Crippen molar-refractivity contribution in [2.24, 2.45) is 5.92 Å². The Morgan fingerprint density at radius 1 is 1.10 bits per heavy atom. The third kappa shape index (κ3) is 3.35. The van der Waals surface area contributed by atoms with Crippen molar-refractivity contribution >= 4 is 5.69 Å². The second kappa shape index (κ2) is 6.62. The Bertz CT molecular complexity index is 429. The van der Waals surface area contributed by atoms with Crippen LogP contribution in [0.25, 0.3) is 0 Å². The molecule has 0 bridgehead atoms. The molecule has 1 fully saturated rings. The van der Waals surface area contributed by atoms with Gasteiger partial charge in [-0.1, -0.05) is 38.0 Å². The number of nitrogens with one attached hydrogen (secondary N) is 2. The van der Waals surface area contributed by atoms with E-state index in [1.165, 1.54) is 49.8 Å². The van der Waals surface area contributed by atoms with Crippen LogP contribution in [0.4, 0.5) is 5.69 Å². The lowest BCUT2D eigenvalue weighted by Gasteiger charge is -2.28. The van der Waals surface area contributed by atoms with Crippen LogP contribution < -0.4 is 10.6 Å². The lowest BCUT2D eigenvalue weighted by atomic mass is 9.90. The normalized spacial score (nSPS) is 30.1. The lowest BCUT2D eigenvalue weighted by Crippen LogP contribution is -2.34. The van der Waals surface area contributed by atoms with Crippen LogP contribution in [0, 0.1) is 5.92 Å². The van der Waals surface area contributed by atoms with Gasteiger partial charge >= 0.3 is 0 Å². The number of rotatable bonds is 3. The number of anilines is 1. The van der Waals surface area contributed by atoms with Gasteiger partial charge in [-0.2, -0.15) is 0 Å². The van der Waals surface area contributed by atoms with Crippen LogP contribution in [0.15, 0.2) is 24.3 Å². The summed E-state index contributed by atoms with van der Waals surface area (Å²) in [6, 6.07) is 9.57. The number of fused-ring (bicyclic) bond motifs is 1. The molecule has 3 unspecified atom stereocenters. The number of hydrogen-bond donors (Lipinski definition) is 2. The predicted octanol–water partition coefficient (Wildman–Crippen LogP) is 4.14. The summed E-state index contributed by atoms with van der Waals surface area (Å²) >= 11 is 0. The van der Waals surface area contributed by atoms with Gasteiger partial charge in [-0.05, 0) is 43.2 Å². The Morgan fingerprint density at radius 2 is 2.00 bits per heavy atom. The van der Waals surface area contributed by atoms with E-state index in [1.54, 1.807) is 0 Å². The second-order valence-corrected chi connectivity index (χ2v) is 6.72. The summed E-state index contributed by atoms with van der Waals surface area (Å²) in [6.45, 7) is 4.67. The highest BCUT2D eigenvalue weighted by Crippen LogP contribution is 2.31. The van der Waals surface area contributed by atoms with Crippen LogP contribution in [0.1, 0.15) is 56.9 Å². The molecule has 3 rings (SSSR count). The van der Waals surface area contributed by atoms with Crippen molar-refractivity contribution in [3.05, 3.63) is 29.8 Å². The molecule has 1 aliphatic carbocycles. The molecule has 110 valence electrons. The summed E-state index contributed by atoms with van der Waals surface area (Å²) in [6.07, 6.45) is 8.23. The third-order valence-corrected chi connectivity index (χ3v) is 5.12. The smallest absolute Gasteiger partial charge is 0.0376 e. The molecule has 0 spiro atoms. The van der Waals surface area contributed by atoms with Crippen molar-refractivity contribution in [3.63, 3.8) is 0 Å². The van der Waals surface area contributed by atoms with Crippen molar-refractivity contribution in [3.8, 4) is 0 Å². The molecule has 0 amide bonds. The van der Waals surface area contributed by atoms with Gasteiger partial charge in [0.15, 0.2) is 0 Å². The zero-order valence-electron chi connectivity index (χ0n) is 12.7. The Labute approximate surface area is 123 Å². The fourth-order valence-electron chi connectivity index (χ4n) is 3.76. The van der Waals surface area contributed by atoms with Crippen molar-refractivity contribution < 1.29 is 0 Å². The summed E-state index contributed by atoms with van der Waals surface area (Å²) in [5.74, 6) is 1.62. The monoisotopic (exact) mass is 272 g/mol. The molecular weight excluding hydrogens is 244 g/mol. The van der Waals surface area contributed by atoms with Gasteiger partial charge < -0.3 is 10.6 Å². The van der Waals surface area contributed by atoms with E-state index >= 15 is 0 Å². The van der Waals surface area contributed by atoms with E-state index in [9.17, 15) is 0 Å². The number of para-hydroxylation sites is 1. The fourth-order valence-corrected chi connectivity index (χ4v) is 3.76. The summed E-state index contributed by atoms with van der Waals surface area (Å²) in [5.41, 5.74) is 2.85. The van der Waals surface area contributed by atoms with Crippen LogP contribution in [-0.4, -0.2) is 19.1 Å². The van der Waals surface area contributed by atoms with E-state index in [0.29, 0.717) is 5.92 Å². The first-order valence-corrected chi connectivity index (χ1v) is 8.39. The number of benzene rings is 1. The Balaban J connectivity index is 1.56. The molecule has 2 aliphatic rings. The summed E-state index contributed by atoms with van der Waals surface area (Å²) in [4.78, 5) is 0. The molecule has 3 atom stereocenters. The van der Waals surface area contributed by atoms with Crippen molar-refractivity contribution in [1.29, 1.82) is 0 Å². The van der Waals surface area contributed by atoms with E-state index in [4.69, 9.17) is 0 Å². The molecule has 2 nitrogen and oxygen atoms in total. The molecule has 1 aromatic rings. The maximum absolute atomic E-state index is 3.86. The molecule has 1 saturated carbocycles. The van der Waals surface area contributed by atoms with Gasteiger partial charge in [0.1, 0.15) is 0 Å². The van der Waals surface area contributed by atoms with Crippen molar-refractivity contribution in [1.82, 2.24) is 5.32 Å². The summed E-state index contributed by atoms with van der Waals surface area (Å²) in [5, 5.41) is 7.38. The maximum atomic E-state index is 3.86. The van der Waals surface area contributed by atoms with Crippen LogP contribution in [-0.2, 0) is 0 Å². The molecule has 0 aromatic heterocycles. The van der Waals surface area contributed by atoms with Gasteiger partial charge in [0.05, 0.1) is 0 Å². The molecule has 2 heteroatoms. The first-order chi connectivity index (χ1) is 9.83.